The summed E-state index contributed by atoms with van der Waals surface area (Å²) in [7, 11) is 1.83. The number of carbonyl (C=O) groups is 3. The van der Waals surface area contributed by atoms with Crippen LogP contribution in [0, 0.1) is 0 Å². The molecule has 2 heterocycles. The fourth-order valence-corrected chi connectivity index (χ4v) is 3.72. The number of aryl methyl sites for hydroxylation is 1. The van der Waals surface area contributed by atoms with E-state index in [2.05, 4.69) is 15.7 Å². The number of rotatable bonds is 4. The zero-order valence-electron chi connectivity index (χ0n) is 12.9. The Hall–Kier alpha value is -2.03. The predicted molar refractivity (Wildman–Crippen MR) is 83.3 cm³/mol. The summed E-state index contributed by atoms with van der Waals surface area (Å²) in [6.45, 7) is 0. The highest BCUT2D eigenvalue weighted by Gasteiger charge is 2.52. The van der Waals surface area contributed by atoms with Gasteiger partial charge in [0.15, 0.2) is 5.16 Å². The lowest BCUT2D eigenvalue weighted by Gasteiger charge is -2.30. The average Bonchev–Trinajstić information content (AvgIpc) is 3.03. The molecule has 2 aliphatic rings. The number of hydrazine groups is 1. The molecule has 1 aromatic rings. The lowest BCUT2D eigenvalue weighted by atomic mass is 9.82. The van der Waals surface area contributed by atoms with E-state index in [-0.39, 0.29) is 11.7 Å². The molecule has 2 fully saturated rings. The Balaban J connectivity index is 1.59. The third-order valence-corrected chi connectivity index (χ3v) is 5.27. The van der Waals surface area contributed by atoms with E-state index in [1.165, 1.54) is 11.8 Å². The number of urea groups is 1. The first-order chi connectivity index (χ1) is 11.0. The Kier molecular flexibility index (Phi) is 4.29. The maximum absolute atomic E-state index is 12.5. The van der Waals surface area contributed by atoms with Gasteiger partial charge in [-0.05, 0) is 12.8 Å². The number of carbonyl (C=O) groups excluding carboxylic acids is 3. The maximum Gasteiger partial charge on any atom is 0.344 e. The first-order valence-electron chi connectivity index (χ1n) is 7.58. The summed E-state index contributed by atoms with van der Waals surface area (Å²) >= 11 is 1.24. The van der Waals surface area contributed by atoms with E-state index >= 15 is 0 Å². The largest absolute Gasteiger partial charge is 0.344 e. The third-order valence-electron chi connectivity index (χ3n) is 4.21. The Morgan fingerprint density at radius 2 is 2.13 bits per heavy atom. The minimum Gasteiger partial charge on any atom is -0.329 e. The molecule has 1 aliphatic heterocycles. The van der Waals surface area contributed by atoms with Crippen molar-refractivity contribution < 1.29 is 14.4 Å². The van der Waals surface area contributed by atoms with Crippen LogP contribution >= 0.6 is 11.8 Å². The van der Waals surface area contributed by atoms with Crippen molar-refractivity contribution in [1.29, 1.82) is 0 Å². The minimum absolute atomic E-state index is 0.0783. The lowest BCUT2D eigenvalue weighted by Crippen LogP contribution is -2.51. The summed E-state index contributed by atoms with van der Waals surface area (Å²) in [5.74, 6) is -0.679. The molecule has 2 N–H and O–H groups in total. The molecule has 1 saturated heterocycles. The van der Waals surface area contributed by atoms with E-state index in [4.69, 9.17) is 0 Å². The van der Waals surface area contributed by atoms with Crippen LogP contribution < -0.4 is 10.7 Å². The highest BCUT2D eigenvalue weighted by molar-refractivity contribution is 7.99. The van der Waals surface area contributed by atoms with Crippen LogP contribution in [0.15, 0.2) is 17.6 Å². The van der Waals surface area contributed by atoms with E-state index in [0.29, 0.717) is 18.0 Å². The molecule has 1 aromatic heterocycles. The van der Waals surface area contributed by atoms with Crippen LogP contribution in [-0.4, -0.2) is 43.7 Å². The highest BCUT2D eigenvalue weighted by Crippen LogP contribution is 2.33. The van der Waals surface area contributed by atoms with Crippen LogP contribution in [0.3, 0.4) is 0 Å². The van der Waals surface area contributed by atoms with Crippen molar-refractivity contribution in [2.24, 2.45) is 7.05 Å². The molecule has 4 amide bonds. The molecule has 0 bridgehead atoms. The summed E-state index contributed by atoms with van der Waals surface area (Å²) in [4.78, 5) is 40.7. The van der Waals surface area contributed by atoms with Gasteiger partial charge in [0.05, 0.1) is 5.75 Å². The second-order valence-corrected chi connectivity index (χ2v) is 6.80. The number of imidazole rings is 1. The molecule has 1 aliphatic carbocycles. The Morgan fingerprint density at radius 3 is 2.78 bits per heavy atom. The first-order valence-corrected chi connectivity index (χ1v) is 8.57. The van der Waals surface area contributed by atoms with Gasteiger partial charge in [0, 0.05) is 19.4 Å². The Morgan fingerprint density at radius 1 is 1.39 bits per heavy atom. The number of thioether (sulfide) groups is 1. The smallest absolute Gasteiger partial charge is 0.329 e. The quantitative estimate of drug-likeness (QED) is 0.626. The number of amides is 4. The molecule has 8 nitrogen and oxygen atoms in total. The number of nitrogens with zero attached hydrogens (tertiary/aromatic N) is 3. The van der Waals surface area contributed by atoms with Crippen molar-refractivity contribution in [2.75, 3.05) is 5.75 Å². The van der Waals surface area contributed by atoms with Crippen molar-refractivity contribution in [3.63, 3.8) is 0 Å². The van der Waals surface area contributed by atoms with Crippen LogP contribution in [0.2, 0.25) is 0 Å². The molecule has 1 saturated carbocycles. The SMILES string of the molecule is Cn1ccnc1SCC(=O)NN1C(=O)NC2(CCCCC2)C1=O. The molecule has 3 rings (SSSR count). The molecule has 23 heavy (non-hydrogen) atoms. The Labute approximate surface area is 138 Å². The maximum atomic E-state index is 12.5. The number of imide groups is 1. The van der Waals surface area contributed by atoms with Gasteiger partial charge >= 0.3 is 6.03 Å². The number of nitrogens with one attached hydrogen (secondary N) is 2. The van der Waals surface area contributed by atoms with Crippen LogP contribution in [0.4, 0.5) is 4.79 Å². The zero-order chi connectivity index (χ0) is 16.4. The average molecular weight is 337 g/mol. The van der Waals surface area contributed by atoms with Gasteiger partial charge in [-0.15, -0.1) is 0 Å². The minimum atomic E-state index is -0.824. The van der Waals surface area contributed by atoms with Gasteiger partial charge in [-0.2, -0.15) is 5.01 Å². The second kappa shape index (κ2) is 6.23. The van der Waals surface area contributed by atoms with E-state index in [0.717, 1.165) is 24.3 Å². The molecule has 0 aromatic carbocycles. The number of hydrogen-bond donors (Lipinski definition) is 2. The van der Waals surface area contributed by atoms with E-state index < -0.39 is 17.5 Å². The topological polar surface area (TPSA) is 96.3 Å². The van der Waals surface area contributed by atoms with Gasteiger partial charge in [-0.25, -0.2) is 9.78 Å². The Bertz CT molecular complexity index is 638. The first kappa shape index (κ1) is 15.9. The number of hydrogen-bond acceptors (Lipinski definition) is 5. The molecule has 0 unspecified atom stereocenters. The normalized spacial score (nSPS) is 20.0. The molecule has 9 heteroatoms. The summed E-state index contributed by atoms with van der Waals surface area (Å²) in [5, 5.41) is 4.27. The molecular weight excluding hydrogens is 318 g/mol. The van der Waals surface area contributed by atoms with E-state index in [9.17, 15) is 14.4 Å². The van der Waals surface area contributed by atoms with E-state index in [1.54, 1.807) is 17.0 Å². The van der Waals surface area contributed by atoms with Crippen molar-refractivity contribution >= 4 is 29.6 Å². The van der Waals surface area contributed by atoms with Crippen molar-refractivity contribution in [3.8, 4) is 0 Å². The third kappa shape index (κ3) is 3.05. The molecule has 0 atom stereocenters. The van der Waals surface area contributed by atoms with Crippen molar-refractivity contribution in [2.45, 2.75) is 42.8 Å². The van der Waals surface area contributed by atoms with Crippen LogP contribution in [-0.2, 0) is 16.6 Å². The molecule has 0 radical (unpaired) electrons. The van der Waals surface area contributed by atoms with E-state index in [1.807, 2.05) is 7.05 Å². The van der Waals surface area contributed by atoms with Crippen LogP contribution in [0.5, 0.6) is 0 Å². The lowest BCUT2D eigenvalue weighted by molar-refractivity contribution is -0.139. The highest BCUT2D eigenvalue weighted by atomic mass is 32.2. The fourth-order valence-electron chi connectivity index (χ4n) is 2.99. The fraction of sp³-hybridized carbons (Fsp3) is 0.571. The van der Waals surface area contributed by atoms with Gasteiger partial charge in [-0.3, -0.25) is 15.0 Å². The summed E-state index contributed by atoms with van der Waals surface area (Å²) in [6, 6.07) is -0.549. The van der Waals surface area contributed by atoms with Crippen molar-refractivity contribution in [1.82, 2.24) is 25.3 Å². The number of aromatic nitrogens is 2. The second-order valence-electron chi connectivity index (χ2n) is 5.86. The van der Waals surface area contributed by atoms with Gasteiger partial charge in [0.25, 0.3) is 5.91 Å². The molecule has 124 valence electrons. The molecular formula is C14H19N5O3S. The van der Waals surface area contributed by atoms with Gasteiger partial charge < -0.3 is 9.88 Å². The van der Waals surface area contributed by atoms with Gasteiger partial charge in [0.1, 0.15) is 5.54 Å². The standard InChI is InChI=1S/C14H19N5O3S/c1-18-8-7-15-13(18)23-9-10(20)17-19-11(21)14(16-12(19)22)5-3-2-4-6-14/h7-8H,2-6,9H2,1H3,(H,16,22)(H,17,20). The summed E-state index contributed by atoms with van der Waals surface area (Å²) < 4.78 is 1.79. The summed E-state index contributed by atoms with van der Waals surface area (Å²) in [6.07, 6.45) is 7.57. The predicted octanol–water partition coefficient (Wildman–Crippen LogP) is 0.798. The summed E-state index contributed by atoms with van der Waals surface area (Å²) in [5.41, 5.74) is 1.58. The molecule has 1 spiro atoms. The van der Waals surface area contributed by atoms with Crippen molar-refractivity contribution in [3.05, 3.63) is 12.4 Å². The van der Waals surface area contributed by atoms with Gasteiger partial charge in [0.2, 0.25) is 5.91 Å². The van der Waals surface area contributed by atoms with Crippen LogP contribution in [0.25, 0.3) is 0 Å². The zero-order valence-corrected chi connectivity index (χ0v) is 13.7. The monoisotopic (exact) mass is 337 g/mol. The van der Waals surface area contributed by atoms with Gasteiger partial charge in [-0.1, -0.05) is 31.0 Å². The van der Waals surface area contributed by atoms with Crippen LogP contribution in [0.1, 0.15) is 32.1 Å².